The number of hydrogen-bond acceptors (Lipinski definition) is 6. The Hall–Kier alpha value is -2.71. The summed E-state index contributed by atoms with van der Waals surface area (Å²) in [6, 6.07) is 14.1. The Kier molecular flexibility index (Phi) is 6.67. The fourth-order valence-corrected chi connectivity index (χ4v) is 5.32. The maximum absolute atomic E-state index is 12.9. The Morgan fingerprint density at radius 3 is 2.55 bits per heavy atom. The van der Waals surface area contributed by atoms with Crippen LogP contribution in [0.2, 0.25) is 0 Å². The van der Waals surface area contributed by atoms with Crippen molar-refractivity contribution in [2.45, 2.75) is 44.8 Å². The highest BCUT2D eigenvalue weighted by Crippen LogP contribution is 2.37. The van der Waals surface area contributed by atoms with Crippen molar-refractivity contribution in [2.24, 2.45) is 0 Å². The maximum atomic E-state index is 12.9. The number of nitro groups is 1. The summed E-state index contributed by atoms with van der Waals surface area (Å²) in [6.45, 7) is 0.108. The summed E-state index contributed by atoms with van der Waals surface area (Å²) in [5.41, 5.74) is 1.43. The molecule has 160 valence electrons. The molecule has 1 aliphatic heterocycles. The molecule has 0 radical (unpaired) electrons. The van der Waals surface area contributed by atoms with Crippen molar-refractivity contribution < 1.29 is 14.5 Å². The van der Waals surface area contributed by atoms with Crippen LogP contribution in [0, 0.1) is 10.1 Å². The molecular weight excluding hydrogens is 432 g/mol. The van der Waals surface area contributed by atoms with Gasteiger partial charge in [-0.3, -0.25) is 19.8 Å². The molecule has 1 saturated heterocycles. The predicted octanol–water partition coefficient (Wildman–Crippen LogP) is 5.71. The molecule has 1 heterocycles. The fourth-order valence-electron chi connectivity index (χ4n) is 3.92. The maximum Gasteiger partial charge on any atom is 0.276 e. The third-order valence-electron chi connectivity index (χ3n) is 5.52. The predicted molar refractivity (Wildman–Crippen MR) is 126 cm³/mol. The van der Waals surface area contributed by atoms with Crippen molar-refractivity contribution in [1.29, 1.82) is 0 Å². The lowest BCUT2D eigenvalue weighted by Gasteiger charge is -2.29. The van der Waals surface area contributed by atoms with Crippen molar-refractivity contribution in [3.63, 3.8) is 0 Å². The van der Waals surface area contributed by atoms with E-state index in [1.807, 2.05) is 18.2 Å². The first-order valence-electron chi connectivity index (χ1n) is 10.2. The molecule has 1 aliphatic carbocycles. The topological polar surface area (TPSA) is 72.7 Å². The minimum atomic E-state index is -0.411. The average Bonchev–Trinajstić information content (AvgIpc) is 3.06. The van der Waals surface area contributed by atoms with Crippen LogP contribution in [-0.2, 0) is 11.4 Å². The van der Waals surface area contributed by atoms with E-state index in [1.165, 1.54) is 24.2 Å². The molecule has 1 saturated carbocycles. The number of para-hydroxylation sites is 1. The summed E-state index contributed by atoms with van der Waals surface area (Å²) in [5.74, 6) is 0.601. The Balaban J connectivity index is 1.42. The molecule has 4 rings (SSSR count). The highest BCUT2D eigenvalue weighted by molar-refractivity contribution is 8.26. The number of thiocarbonyl (C=S) groups is 1. The van der Waals surface area contributed by atoms with E-state index >= 15 is 0 Å². The minimum Gasteiger partial charge on any atom is -0.489 e. The van der Waals surface area contributed by atoms with Gasteiger partial charge in [0.2, 0.25) is 0 Å². The zero-order valence-electron chi connectivity index (χ0n) is 16.9. The van der Waals surface area contributed by atoms with Gasteiger partial charge in [-0.05, 0) is 42.7 Å². The van der Waals surface area contributed by atoms with Gasteiger partial charge < -0.3 is 4.74 Å². The van der Waals surface area contributed by atoms with Crippen LogP contribution in [0.4, 0.5) is 5.69 Å². The van der Waals surface area contributed by atoms with Crippen LogP contribution in [0.15, 0.2) is 53.4 Å². The van der Waals surface area contributed by atoms with Gasteiger partial charge in [-0.1, -0.05) is 67.5 Å². The number of nitrogens with zero attached hydrogens (tertiary/aromatic N) is 2. The molecule has 8 heteroatoms. The first-order valence-corrected chi connectivity index (χ1v) is 11.5. The molecule has 31 heavy (non-hydrogen) atoms. The molecule has 0 unspecified atom stereocenters. The van der Waals surface area contributed by atoms with Gasteiger partial charge in [-0.15, -0.1) is 0 Å². The summed E-state index contributed by atoms with van der Waals surface area (Å²) in [7, 11) is 0. The number of ether oxygens (including phenoxy) is 1. The standard InChI is InChI=1S/C23H22N2O4S2/c26-22-21(31-23(30)24(22)18-7-2-1-3-8-18)14-16-10-12-19(13-11-16)29-15-17-6-4-5-9-20(17)25(27)28/h4-6,9-14,18H,1-3,7-8,15H2. The monoisotopic (exact) mass is 454 g/mol. The van der Waals surface area contributed by atoms with Gasteiger partial charge in [0.25, 0.3) is 11.6 Å². The van der Waals surface area contributed by atoms with Crippen LogP contribution >= 0.6 is 24.0 Å². The summed E-state index contributed by atoms with van der Waals surface area (Å²) in [4.78, 5) is 26.1. The van der Waals surface area contributed by atoms with Gasteiger partial charge in [0.15, 0.2) is 0 Å². The van der Waals surface area contributed by atoms with E-state index < -0.39 is 4.92 Å². The summed E-state index contributed by atoms with van der Waals surface area (Å²) in [6.07, 6.45) is 7.42. The number of amides is 1. The van der Waals surface area contributed by atoms with E-state index in [1.54, 1.807) is 35.2 Å². The lowest BCUT2D eigenvalue weighted by atomic mass is 9.94. The van der Waals surface area contributed by atoms with E-state index in [2.05, 4.69) is 0 Å². The average molecular weight is 455 g/mol. The second-order valence-electron chi connectivity index (χ2n) is 7.59. The molecule has 2 aromatic rings. The van der Waals surface area contributed by atoms with Crippen LogP contribution < -0.4 is 4.74 Å². The Morgan fingerprint density at radius 1 is 1.13 bits per heavy atom. The summed E-state index contributed by atoms with van der Waals surface area (Å²) < 4.78 is 6.36. The van der Waals surface area contributed by atoms with E-state index in [0.717, 1.165) is 31.2 Å². The van der Waals surface area contributed by atoms with Crippen LogP contribution in [0.3, 0.4) is 0 Å². The van der Waals surface area contributed by atoms with Crippen molar-refractivity contribution in [1.82, 2.24) is 4.90 Å². The molecule has 2 fully saturated rings. The molecule has 0 bridgehead atoms. The van der Waals surface area contributed by atoms with Gasteiger partial charge in [-0.2, -0.15) is 0 Å². The number of carbonyl (C=O) groups is 1. The second kappa shape index (κ2) is 9.62. The summed E-state index contributed by atoms with van der Waals surface area (Å²) in [5, 5.41) is 11.1. The summed E-state index contributed by atoms with van der Waals surface area (Å²) >= 11 is 6.84. The Bertz CT molecular complexity index is 1030. The largest absolute Gasteiger partial charge is 0.489 e. The highest BCUT2D eigenvalue weighted by atomic mass is 32.2. The van der Waals surface area contributed by atoms with Crippen LogP contribution in [-0.4, -0.2) is 26.1 Å². The van der Waals surface area contributed by atoms with Crippen LogP contribution in [0.5, 0.6) is 5.75 Å². The number of thioether (sulfide) groups is 1. The lowest BCUT2D eigenvalue weighted by Crippen LogP contribution is -2.39. The van der Waals surface area contributed by atoms with Gasteiger partial charge >= 0.3 is 0 Å². The lowest BCUT2D eigenvalue weighted by molar-refractivity contribution is -0.385. The zero-order chi connectivity index (χ0) is 21.8. The first kappa shape index (κ1) is 21.5. The Labute approximate surface area is 190 Å². The number of hydrogen-bond donors (Lipinski definition) is 0. The molecule has 0 atom stereocenters. The Morgan fingerprint density at radius 2 is 1.84 bits per heavy atom. The molecule has 1 amide bonds. The van der Waals surface area contributed by atoms with Gasteiger partial charge in [-0.25, -0.2) is 0 Å². The third kappa shape index (κ3) is 4.97. The van der Waals surface area contributed by atoms with Gasteiger partial charge in [0, 0.05) is 12.1 Å². The van der Waals surface area contributed by atoms with E-state index in [9.17, 15) is 14.9 Å². The van der Waals surface area contributed by atoms with Gasteiger partial charge in [0.1, 0.15) is 16.7 Å². The third-order valence-corrected chi connectivity index (χ3v) is 6.85. The van der Waals surface area contributed by atoms with Gasteiger partial charge in [0.05, 0.1) is 15.4 Å². The number of carbonyl (C=O) groups excluding carboxylic acids is 1. The molecule has 0 spiro atoms. The molecule has 6 nitrogen and oxygen atoms in total. The smallest absolute Gasteiger partial charge is 0.276 e. The highest BCUT2D eigenvalue weighted by Gasteiger charge is 2.37. The van der Waals surface area contributed by atoms with Crippen molar-refractivity contribution in [3.05, 3.63) is 74.7 Å². The van der Waals surface area contributed by atoms with Crippen molar-refractivity contribution >= 4 is 46.0 Å². The fraction of sp³-hybridized carbons (Fsp3) is 0.304. The quantitative estimate of drug-likeness (QED) is 0.241. The number of rotatable bonds is 6. The minimum absolute atomic E-state index is 0.00128. The molecule has 2 aromatic carbocycles. The van der Waals surface area contributed by atoms with E-state index in [4.69, 9.17) is 17.0 Å². The molecular formula is C23H22N2O4S2. The van der Waals surface area contributed by atoms with E-state index in [0.29, 0.717) is 20.5 Å². The second-order valence-corrected chi connectivity index (χ2v) is 9.26. The zero-order valence-corrected chi connectivity index (χ0v) is 18.5. The molecule has 0 N–H and O–H groups in total. The molecule has 2 aliphatic rings. The normalized spacial score (nSPS) is 18.6. The van der Waals surface area contributed by atoms with Crippen molar-refractivity contribution in [3.8, 4) is 5.75 Å². The molecule has 0 aromatic heterocycles. The van der Waals surface area contributed by atoms with Crippen LogP contribution in [0.25, 0.3) is 6.08 Å². The SMILES string of the molecule is O=C1C(=Cc2ccc(OCc3ccccc3[N+](=O)[O-])cc2)SC(=S)N1C1CCCCC1. The van der Waals surface area contributed by atoms with Crippen molar-refractivity contribution in [2.75, 3.05) is 0 Å². The first-order chi connectivity index (χ1) is 15.0. The number of benzene rings is 2. The van der Waals surface area contributed by atoms with E-state index in [-0.39, 0.29) is 24.2 Å². The number of nitro benzene ring substituents is 1. The van der Waals surface area contributed by atoms with Crippen LogP contribution in [0.1, 0.15) is 43.2 Å².